The number of hydrogen-bond donors (Lipinski definition) is 2. The third kappa shape index (κ3) is 8.51. The molecule has 0 bridgehead atoms. The number of fused-ring (bicyclic) bond motifs is 1. The molecule has 0 saturated carbocycles. The number of rotatable bonds is 9. The van der Waals surface area contributed by atoms with Gasteiger partial charge in [-0.1, -0.05) is 0 Å². The number of benzene rings is 2. The Morgan fingerprint density at radius 2 is 1.42 bits per heavy atom. The highest BCUT2D eigenvalue weighted by atomic mass is 19.4. The quantitative estimate of drug-likeness (QED) is 0.289. The van der Waals surface area contributed by atoms with Crippen molar-refractivity contribution in [3.05, 3.63) is 77.0 Å². The molecule has 8 rings (SSSR count). The van der Waals surface area contributed by atoms with Crippen LogP contribution in [0.15, 0.2) is 54.7 Å². The van der Waals surface area contributed by atoms with Crippen molar-refractivity contribution in [1.29, 1.82) is 5.26 Å². The van der Waals surface area contributed by atoms with Gasteiger partial charge in [0.15, 0.2) is 0 Å². The predicted octanol–water partition coefficient (Wildman–Crippen LogP) is 4.66. The van der Waals surface area contributed by atoms with E-state index in [1.807, 2.05) is 17.0 Å². The Hall–Kier alpha value is -6.02. The molecule has 2 aromatic carbocycles. The first-order chi connectivity index (χ1) is 28.9. The van der Waals surface area contributed by atoms with E-state index in [-0.39, 0.29) is 30.2 Å². The molecule has 1 unspecified atom stereocenters. The van der Waals surface area contributed by atoms with Gasteiger partial charge in [0, 0.05) is 76.1 Å². The summed E-state index contributed by atoms with van der Waals surface area (Å²) in [5, 5.41) is 14.2. The van der Waals surface area contributed by atoms with Crippen LogP contribution in [-0.2, 0) is 20.6 Å². The highest BCUT2D eigenvalue weighted by molar-refractivity contribution is 6.23. The van der Waals surface area contributed by atoms with E-state index >= 15 is 0 Å². The van der Waals surface area contributed by atoms with Gasteiger partial charge in [0.1, 0.15) is 11.9 Å². The minimum atomic E-state index is -4.63. The maximum Gasteiger partial charge on any atom is 0.417 e. The van der Waals surface area contributed by atoms with E-state index < -0.39 is 47.0 Å². The third-order valence-electron chi connectivity index (χ3n) is 12.7. The van der Waals surface area contributed by atoms with Crippen molar-refractivity contribution in [1.82, 2.24) is 20.1 Å². The minimum Gasteiger partial charge on any atom is -0.371 e. The number of alkyl halides is 3. The molecule has 314 valence electrons. The molecule has 1 atom stereocenters. The molecule has 5 amide bonds. The molecule has 5 aliphatic rings. The number of carbonyl (C=O) groups is 5. The summed E-state index contributed by atoms with van der Waals surface area (Å²) >= 11 is 0. The van der Waals surface area contributed by atoms with Gasteiger partial charge in [0.05, 0.1) is 40.2 Å². The first-order valence-corrected chi connectivity index (χ1v) is 20.6. The second-order valence-corrected chi connectivity index (χ2v) is 16.2. The van der Waals surface area contributed by atoms with Crippen LogP contribution in [0.5, 0.6) is 0 Å². The van der Waals surface area contributed by atoms with Gasteiger partial charge in [-0.05, 0) is 99.5 Å². The van der Waals surface area contributed by atoms with Gasteiger partial charge in [-0.15, -0.1) is 0 Å². The number of amides is 5. The smallest absolute Gasteiger partial charge is 0.371 e. The van der Waals surface area contributed by atoms with E-state index in [4.69, 9.17) is 5.26 Å². The van der Waals surface area contributed by atoms with Gasteiger partial charge >= 0.3 is 6.18 Å². The lowest BCUT2D eigenvalue weighted by Crippen LogP contribution is -2.54. The van der Waals surface area contributed by atoms with Crippen LogP contribution in [-0.4, -0.2) is 109 Å². The zero-order chi connectivity index (χ0) is 42.1. The van der Waals surface area contributed by atoms with Crippen molar-refractivity contribution in [3.8, 4) is 6.07 Å². The maximum absolute atomic E-state index is 13.5. The Morgan fingerprint density at radius 3 is 2.07 bits per heavy atom. The van der Waals surface area contributed by atoms with Crippen LogP contribution >= 0.6 is 0 Å². The Kier molecular flexibility index (Phi) is 11.5. The van der Waals surface area contributed by atoms with Crippen LogP contribution in [0.4, 0.5) is 36.1 Å². The molecule has 6 heterocycles. The number of imide groups is 2. The number of hydrogen-bond acceptors (Lipinski definition) is 11. The number of carbonyl (C=O) groups excluding carboxylic acids is 5. The summed E-state index contributed by atoms with van der Waals surface area (Å²) in [7, 11) is 0. The normalized spacial score (nSPS) is 20.9. The molecular weight excluding hydrogens is 780 g/mol. The van der Waals surface area contributed by atoms with Crippen molar-refractivity contribution in [2.24, 2.45) is 11.8 Å². The monoisotopic (exact) mass is 825 g/mol. The van der Waals surface area contributed by atoms with Crippen molar-refractivity contribution < 1.29 is 37.1 Å². The number of aromatic nitrogens is 1. The third-order valence-corrected chi connectivity index (χ3v) is 12.7. The molecule has 2 N–H and O–H groups in total. The first kappa shape index (κ1) is 40.7. The van der Waals surface area contributed by atoms with Crippen molar-refractivity contribution >= 4 is 52.4 Å². The first-order valence-electron chi connectivity index (χ1n) is 20.6. The molecule has 0 radical (unpaired) electrons. The number of nitrogens with one attached hydrogen (secondary N) is 2. The fourth-order valence-corrected chi connectivity index (χ4v) is 9.07. The van der Waals surface area contributed by atoms with E-state index in [2.05, 4.69) is 30.3 Å². The van der Waals surface area contributed by atoms with E-state index in [1.165, 1.54) is 12.1 Å². The fourth-order valence-electron chi connectivity index (χ4n) is 9.07. The van der Waals surface area contributed by atoms with E-state index in [9.17, 15) is 37.1 Å². The summed E-state index contributed by atoms with van der Waals surface area (Å²) in [4.78, 5) is 77.8. The Labute approximate surface area is 345 Å². The lowest BCUT2D eigenvalue weighted by molar-refractivity contribution is -0.138. The second-order valence-electron chi connectivity index (χ2n) is 16.2. The zero-order valence-corrected chi connectivity index (χ0v) is 33.0. The van der Waals surface area contributed by atoms with Crippen LogP contribution in [0.25, 0.3) is 0 Å². The van der Waals surface area contributed by atoms with Gasteiger partial charge in [-0.25, -0.2) is 4.98 Å². The molecule has 4 fully saturated rings. The molecular formula is C43H46F3N9O5. The number of nitrogens with zero attached hydrogens (tertiary/aromatic N) is 7. The van der Waals surface area contributed by atoms with Crippen molar-refractivity contribution in [3.63, 3.8) is 0 Å². The standard InChI is InChI=1S/C43H46F3N9O5/c44-43(45,46)35-24-31(2-1-29(35)25-47)53-17-12-28(13-18-53)39(57)49-37-7-4-32(26-48-37)54-21-19-51(20-22-54)14-9-27-10-15-52(16-11-27)30-3-5-33-34(23-30)42(60)55(41(33)59)36-6-8-38(56)50-40(36)58/h1-5,7,23-24,26-28,36H,6,8-22H2,(H,48,49,57)(H,50,56,58). The summed E-state index contributed by atoms with van der Waals surface area (Å²) < 4.78 is 40.4. The molecule has 4 saturated heterocycles. The van der Waals surface area contributed by atoms with Gasteiger partial charge in [0.2, 0.25) is 17.7 Å². The Bertz CT molecular complexity index is 2200. The highest BCUT2D eigenvalue weighted by Crippen LogP contribution is 2.36. The molecule has 3 aromatic rings. The predicted molar refractivity (Wildman–Crippen MR) is 215 cm³/mol. The fraction of sp³-hybridized carbons (Fsp3) is 0.465. The van der Waals surface area contributed by atoms with Crippen molar-refractivity contribution in [2.75, 3.05) is 78.9 Å². The second kappa shape index (κ2) is 16.9. The molecule has 14 nitrogen and oxygen atoms in total. The molecule has 0 spiro atoms. The van der Waals surface area contributed by atoms with Crippen LogP contribution in [0.2, 0.25) is 0 Å². The van der Waals surface area contributed by atoms with Crippen LogP contribution in [0.1, 0.15) is 76.8 Å². The highest BCUT2D eigenvalue weighted by Gasteiger charge is 2.45. The lowest BCUT2D eigenvalue weighted by atomic mass is 9.92. The molecule has 17 heteroatoms. The largest absolute Gasteiger partial charge is 0.417 e. The van der Waals surface area contributed by atoms with Gasteiger partial charge in [-0.2, -0.15) is 18.4 Å². The molecule has 1 aromatic heterocycles. The van der Waals surface area contributed by atoms with Crippen LogP contribution in [0.3, 0.4) is 0 Å². The van der Waals surface area contributed by atoms with Gasteiger partial charge < -0.3 is 20.0 Å². The van der Waals surface area contributed by atoms with E-state index in [1.54, 1.807) is 30.5 Å². The number of halogens is 3. The number of anilines is 4. The molecule has 5 aliphatic heterocycles. The maximum atomic E-state index is 13.5. The SMILES string of the molecule is N#Cc1ccc(N2CCC(C(=O)Nc3ccc(N4CCN(CCC5CCN(c6ccc7c(c6)C(=O)N(C6CCC(=O)NC6=O)C7=O)CC5)CC4)cn3)CC2)cc1C(F)(F)F. The van der Waals surface area contributed by atoms with E-state index in [0.717, 1.165) is 87.4 Å². The number of piperidine rings is 3. The summed E-state index contributed by atoms with van der Waals surface area (Å²) in [6.07, 6.45) is 1.44. The van der Waals surface area contributed by atoms with Crippen LogP contribution < -0.4 is 25.3 Å². The zero-order valence-electron chi connectivity index (χ0n) is 33.0. The summed E-state index contributed by atoms with van der Waals surface area (Å²) in [5.41, 5.74) is 1.46. The molecule has 60 heavy (non-hydrogen) atoms. The number of pyridine rings is 1. The average molecular weight is 826 g/mol. The van der Waals surface area contributed by atoms with Crippen molar-refractivity contribution in [2.45, 2.75) is 57.2 Å². The Morgan fingerprint density at radius 1 is 0.783 bits per heavy atom. The average Bonchev–Trinajstić information content (AvgIpc) is 3.50. The van der Waals surface area contributed by atoms with Crippen LogP contribution in [0, 0.1) is 23.2 Å². The summed E-state index contributed by atoms with van der Waals surface area (Å²) in [6.45, 7) is 7.09. The summed E-state index contributed by atoms with van der Waals surface area (Å²) in [5.74, 6) is -1.45. The van der Waals surface area contributed by atoms with Gasteiger partial charge in [0.25, 0.3) is 11.8 Å². The van der Waals surface area contributed by atoms with E-state index in [0.29, 0.717) is 48.9 Å². The topological polar surface area (TPSA) is 162 Å². The lowest BCUT2D eigenvalue weighted by Gasteiger charge is -2.38. The number of nitriles is 1. The Balaban J connectivity index is 0.745. The minimum absolute atomic E-state index is 0.0814. The number of piperazine rings is 1. The molecule has 0 aliphatic carbocycles. The van der Waals surface area contributed by atoms with Gasteiger partial charge in [-0.3, -0.25) is 39.1 Å². The summed E-state index contributed by atoms with van der Waals surface area (Å²) in [6, 6.07) is 13.4.